The summed E-state index contributed by atoms with van der Waals surface area (Å²) in [5.74, 6) is -1.68. The number of benzene rings is 4. The van der Waals surface area contributed by atoms with Gasteiger partial charge in [0.05, 0.1) is 11.1 Å². The molecule has 1 N–H and O–H groups in total. The van der Waals surface area contributed by atoms with Gasteiger partial charge in [0.25, 0.3) is 0 Å². The van der Waals surface area contributed by atoms with E-state index >= 15 is 0 Å². The summed E-state index contributed by atoms with van der Waals surface area (Å²) >= 11 is 1.57. The number of hydrogen-bond donors (Lipinski definition) is 1. The van der Waals surface area contributed by atoms with Crippen molar-refractivity contribution in [2.75, 3.05) is 4.90 Å². The molecule has 0 amide bonds. The summed E-state index contributed by atoms with van der Waals surface area (Å²) in [6, 6.07) is 30.5. The Morgan fingerprint density at radius 3 is 2.39 bits per heavy atom. The minimum atomic E-state index is -1.21. The average molecular weight is 732 g/mol. The molecule has 0 bridgehead atoms. The number of unbranched alkanes of at least 4 members (excludes halogenated alkanes) is 2. The Balaban J connectivity index is 1.07. The lowest BCUT2D eigenvalue weighted by Crippen LogP contribution is -2.27. The fraction of sp³-hybridized carbons (Fsp3) is 0.312. The Bertz CT molecular complexity index is 2410. The van der Waals surface area contributed by atoms with Gasteiger partial charge in [0.2, 0.25) is 0 Å². The predicted octanol–water partition coefficient (Wildman–Crippen LogP) is 12.3. The van der Waals surface area contributed by atoms with Crippen LogP contribution in [0.5, 0.6) is 0 Å². The van der Waals surface area contributed by atoms with Crippen LogP contribution in [0.25, 0.3) is 27.6 Å². The molecule has 2 atom stereocenters. The minimum Gasteiger partial charge on any atom is -0.478 e. The van der Waals surface area contributed by atoms with E-state index in [1.807, 2.05) is 6.92 Å². The molecule has 0 spiro atoms. The number of thiophene rings is 1. The molecular formula is C48H45NO4S. The van der Waals surface area contributed by atoms with Gasteiger partial charge < -0.3 is 10.0 Å². The summed E-state index contributed by atoms with van der Waals surface area (Å²) in [6.07, 6.45) is 12.5. The van der Waals surface area contributed by atoms with Crippen molar-refractivity contribution in [1.29, 1.82) is 0 Å². The highest BCUT2D eigenvalue weighted by Crippen LogP contribution is 2.58. The first-order valence-electron chi connectivity index (χ1n) is 19.7. The summed E-state index contributed by atoms with van der Waals surface area (Å²) in [5, 5.41) is 9.67. The third-order valence-corrected chi connectivity index (χ3v) is 13.9. The zero-order valence-electron chi connectivity index (χ0n) is 31.2. The van der Waals surface area contributed by atoms with Crippen LogP contribution in [0.2, 0.25) is 0 Å². The first kappa shape index (κ1) is 34.7. The lowest BCUT2D eigenvalue weighted by atomic mass is 9.71. The lowest BCUT2D eigenvalue weighted by Gasteiger charge is -2.33. The van der Waals surface area contributed by atoms with Crippen molar-refractivity contribution < 1.29 is 19.5 Å². The fourth-order valence-electron chi connectivity index (χ4n) is 10.2. The molecule has 1 aliphatic heterocycles. The van der Waals surface area contributed by atoms with Crippen LogP contribution in [-0.4, -0.2) is 28.7 Å². The smallest absolute Gasteiger partial charge is 0.336 e. The number of aryl methyl sites for hydroxylation is 1. The topological polar surface area (TPSA) is 74.7 Å². The second kappa shape index (κ2) is 13.3. The molecular weight excluding hydrogens is 687 g/mol. The average Bonchev–Trinajstić information content (AvgIpc) is 3.98. The third-order valence-electron chi connectivity index (χ3n) is 12.7. The zero-order valence-corrected chi connectivity index (χ0v) is 32.0. The first-order valence-corrected chi connectivity index (χ1v) is 20.5. The summed E-state index contributed by atoms with van der Waals surface area (Å²) in [7, 11) is 0. The first-order chi connectivity index (χ1) is 26.3. The number of carboxylic acid groups (broad SMARTS) is 1. The molecule has 4 aromatic carbocycles. The molecule has 54 heavy (non-hydrogen) atoms. The van der Waals surface area contributed by atoms with Crippen LogP contribution in [0.15, 0.2) is 90.5 Å². The van der Waals surface area contributed by atoms with Crippen LogP contribution in [-0.2, 0) is 5.41 Å². The Morgan fingerprint density at radius 2 is 1.61 bits per heavy atom. The van der Waals surface area contributed by atoms with Gasteiger partial charge in [-0.2, -0.15) is 0 Å². The number of ketones is 2. The van der Waals surface area contributed by atoms with Gasteiger partial charge in [-0.25, -0.2) is 4.79 Å². The van der Waals surface area contributed by atoms with Crippen molar-refractivity contribution >= 4 is 46.3 Å². The Kier molecular flexibility index (Phi) is 8.57. The van der Waals surface area contributed by atoms with Crippen molar-refractivity contribution in [2.24, 2.45) is 0 Å². The number of anilines is 2. The Labute approximate surface area is 321 Å². The third kappa shape index (κ3) is 5.20. The van der Waals surface area contributed by atoms with Crippen molar-refractivity contribution in [1.82, 2.24) is 0 Å². The predicted molar refractivity (Wildman–Crippen MR) is 219 cm³/mol. The maximum absolute atomic E-state index is 13.4. The quantitative estimate of drug-likeness (QED) is 0.114. The molecule has 272 valence electrons. The number of carbonyl (C=O) groups excluding carboxylic acids is 2. The number of hydrogen-bond acceptors (Lipinski definition) is 5. The Morgan fingerprint density at radius 1 is 0.852 bits per heavy atom. The largest absolute Gasteiger partial charge is 0.478 e. The van der Waals surface area contributed by atoms with Crippen molar-refractivity contribution in [2.45, 2.75) is 95.9 Å². The number of fused-ring (bicyclic) bond motifs is 7. The number of carboxylic acids is 1. The normalized spacial score (nSPS) is 19.6. The monoisotopic (exact) mass is 731 g/mol. The van der Waals surface area contributed by atoms with Crippen molar-refractivity contribution in [3.8, 4) is 21.6 Å². The maximum Gasteiger partial charge on any atom is 0.336 e. The fourth-order valence-corrected chi connectivity index (χ4v) is 11.3. The van der Waals surface area contributed by atoms with Crippen LogP contribution < -0.4 is 4.90 Å². The van der Waals surface area contributed by atoms with Gasteiger partial charge in [0.15, 0.2) is 11.6 Å². The standard InChI is InChI=1S/C48H45NO4S/c1-4-6-22-48(23-7-5-2)38-16-9-8-12-31(38)35-26-30(19-20-39(35)48)49-40-17-11-13-32(40)36-25-29(18-21-41(36)49)43-24-28(3)42(54-43)27-37-45(50)33-14-10-15-34(47(52)53)44(33)46(37)51/h8-10,12,14-16,18-21,24-27,32,40H,4-7,11,13,17,22-23H2,1-3H3,(H,52,53)/b37-27-. The zero-order chi connectivity index (χ0) is 37.3. The van der Waals surface area contributed by atoms with Crippen LogP contribution in [0.3, 0.4) is 0 Å². The molecule has 5 aromatic rings. The second-order valence-corrected chi connectivity index (χ2v) is 16.8. The molecule has 4 aliphatic rings. The minimum absolute atomic E-state index is 0.00938. The van der Waals surface area contributed by atoms with E-state index in [1.165, 1.54) is 115 Å². The molecule has 6 heteroatoms. The highest BCUT2D eigenvalue weighted by atomic mass is 32.1. The lowest BCUT2D eigenvalue weighted by molar-refractivity contribution is 0.0692. The van der Waals surface area contributed by atoms with E-state index in [2.05, 4.69) is 85.5 Å². The van der Waals surface area contributed by atoms with Crippen LogP contribution in [0, 0.1) is 6.92 Å². The van der Waals surface area contributed by atoms with Gasteiger partial charge >= 0.3 is 5.97 Å². The molecule has 3 aliphatic carbocycles. The number of nitrogens with zero attached hydrogens (tertiary/aromatic N) is 1. The van der Waals surface area contributed by atoms with Crippen molar-refractivity contribution in [3.63, 3.8) is 0 Å². The van der Waals surface area contributed by atoms with Crippen LogP contribution in [0.4, 0.5) is 11.4 Å². The molecule has 0 radical (unpaired) electrons. The molecule has 2 unspecified atom stereocenters. The van der Waals surface area contributed by atoms with E-state index in [-0.39, 0.29) is 27.7 Å². The molecule has 9 rings (SSSR count). The second-order valence-electron chi connectivity index (χ2n) is 15.7. The van der Waals surface area contributed by atoms with Gasteiger partial charge in [0.1, 0.15) is 0 Å². The van der Waals surface area contributed by atoms with Gasteiger partial charge in [-0.1, -0.05) is 94.5 Å². The van der Waals surface area contributed by atoms with E-state index in [0.717, 1.165) is 20.9 Å². The van der Waals surface area contributed by atoms with E-state index in [0.29, 0.717) is 12.0 Å². The SMILES string of the molecule is CCCCC1(CCCC)c2ccccc2-c2cc(N3c4ccc(-c5cc(C)c(/C=C6/C(=O)c7cccc(C(=O)O)c7C6=O)s5)cc4C4CCCC43)ccc21. The summed E-state index contributed by atoms with van der Waals surface area (Å²) in [6.45, 7) is 6.62. The highest BCUT2D eigenvalue weighted by molar-refractivity contribution is 7.16. The molecule has 5 nitrogen and oxygen atoms in total. The number of rotatable bonds is 10. The molecule has 1 fully saturated rings. The molecule has 1 aromatic heterocycles. The Hall–Kier alpha value is -5.07. The van der Waals surface area contributed by atoms with Gasteiger partial charge in [0, 0.05) is 49.6 Å². The van der Waals surface area contributed by atoms with Crippen molar-refractivity contribution in [3.05, 3.63) is 134 Å². The summed E-state index contributed by atoms with van der Waals surface area (Å²) in [5.41, 5.74) is 12.1. The molecule has 2 heterocycles. The highest BCUT2D eigenvalue weighted by Gasteiger charge is 2.45. The van der Waals surface area contributed by atoms with E-state index in [9.17, 15) is 19.5 Å². The molecule has 1 saturated carbocycles. The molecule has 0 saturated heterocycles. The van der Waals surface area contributed by atoms with Gasteiger partial charge in [-0.05, 0) is 114 Å². The van der Waals surface area contributed by atoms with E-state index < -0.39 is 17.5 Å². The van der Waals surface area contributed by atoms with E-state index in [4.69, 9.17) is 0 Å². The number of carbonyl (C=O) groups is 3. The number of allylic oxidation sites excluding steroid dienone is 1. The summed E-state index contributed by atoms with van der Waals surface area (Å²) < 4.78 is 0. The van der Waals surface area contributed by atoms with E-state index in [1.54, 1.807) is 17.4 Å². The number of aromatic carboxylic acids is 1. The maximum atomic E-state index is 13.4. The summed E-state index contributed by atoms with van der Waals surface area (Å²) in [4.78, 5) is 43.1. The van der Waals surface area contributed by atoms with Gasteiger partial charge in [-0.3, -0.25) is 9.59 Å². The number of Topliss-reactive ketones (excluding diaryl/α,β-unsaturated/α-hetero) is 2. The van der Waals surface area contributed by atoms with Crippen LogP contribution in [0.1, 0.15) is 136 Å². The van der Waals surface area contributed by atoms with Crippen LogP contribution >= 0.6 is 11.3 Å². The van der Waals surface area contributed by atoms with Gasteiger partial charge in [-0.15, -0.1) is 11.3 Å².